The first-order chi connectivity index (χ1) is 17.5. The van der Waals surface area contributed by atoms with Gasteiger partial charge in [-0.25, -0.2) is 4.79 Å². The molecule has 180 valence electrons. The lowest BCUT2D eigenvalue weighted by Crippen LogP contribution is -2.17. The zero-order valence-electron chi connectivity index (χ0n) is 19.3. The minimum atomic E-state index is -1.11. The highest BCUT2D eigenvalue weighted by Gasteiger charge is 2.20. The molecule has 0 aliphatic heterocycles. The minimum Gasteiger partial charge on any atom is -0.478 e. The van der Waals surface area contributed by atoms with E-state index in [1.165, 1.54) is 11.8 Å². The fraction of sp³-hybridized carbons (Fsp3) is 0.111. The first-order valence-electron chi connectivity index (χ1n) is 11.2. The summed E-state index contributed by atoms with van der Waals surface area (Å²) in [7, 11) is 0. The van der Waals surface area contributed by atoms with Crippen LogP contribution in [0.3, 0.4) is 0 Å². The van der Waals surface area contributed by atoms with Gasteiger partial charge in [-0.3, -0.25) is 9.36 Å². The maximum atomic E-state index is 12.9. The molecule has 9 heteroatoms. The van der Waals surface area contributed by atoms with E-state index in [0.717, 1.165) is 27.7 Å². The summed E-state index contributed by atoms with van der Waals surface area (Å²) in [4.78, 5) is 24.7. The van der Waals surface area contributed by atoms with Crippen molar-refractivity contribution in [2.45, 2.75) is 18.6 Å². The molecule has 0 bridgehead atoms. The highest BCUT2D eigenvalue weighted by Crippen LogP contribution is 2.29. The highest BCUT2D eigenvalue weighted by atomic mass is 32.2. The van der Waals surface area contributed by atoms with Crippen molar-refractivity contribution in [2.75, 3.05) is 11.1 Å². The molecule has 3 aromatic carbocycles. The summed E-state index contributed by atoms with van der Waals surface area (Å²) in [5.41, 5.74) is 2.19. The fourth-order valence-corrected chi connectivity index (χ4v) is 4.70. The predicted octanol–water partition coefficient (Wildman–Crippen LogP) is 5.48. The molecular formula is C27H22N4O4S. The van der Waals surface area contributed by atoms with Gasteiger partial charge in [0.05, 0.1) is 35.4 Å². The van der Waals surface area contributed by atoms with Crippen molar-refractivity contribution in [1.29, 1.82) is 0 Å². The van der Waals surface area contributed by atoms with Gasteiger partial charge in [-0.2, -0.15) is 0 Å². The Morgan fingerprint density at radius 3 is 2.42 bits per heavy atom. The van der Waals surface area contributed by atoms with E-state index in [-0.39, 0.29) is 22.9 Å². The van der Waals surface area contributed by atoms with E-state index >= 15 is 0 Å². The fourth-order valence-electron chi connectivity index (χ4n) is 3.96. The SMILES string of the molecule is Cc1occc1-c1nnc(SCC(=O)Nc2cc3ccccc3cc2C(=O)O)n1Cc1ccccc1. The van der Waals surface area contributed by atoms with E-state index in [9.17, 15) is 14.7 Å². The number of anilines is 1. The number of carboxylic acid groups (broad SMARTS) is 1. The molecule has 8 nitrogen and oxygen atoms in total. The third kappa shape index (κ3) is 4.87. The number of aryl methyl sites for hydroxylation is 1. The quantitative estimate of drug-likeness (QED) is 0.273. The molecule has 0 aliphatic carbocycles. The van der Waals surface area contributed by atoms with Gasteiger partial charge in [0.2, 0.25) is 5.91 Å². The van der Waals surface area contributed by atoms with Crippen molar-refractivity contribution in [3.05, 3.63) is 95.9 Å². The van der Waals surface area contributed by atoms with Crippen LogP contribution in [-0.4, -0.2) is 37.5 Å². The molecule has 0 radical (unpaired) electrons. The molecule has 36 heavy (non-hydrogen) atoms. The van der Waals surface area contributed by atoms with Crippen molar-refractivity contribution in [2.24, 2.45) is 0 Å². The van der Waals surface area contributed by atoms with Crippen molar-refractivity contribution in [1.82, 2.24) is 14.8 Å². The average molecular weight is 499 g/mol. The van der Waals surface area contributed by atoms with Gasteiger partial charge < -0.3 is 14.8 Å². The molecule has 0 fully saturated rings. The van der Waals surface area contributed by atoms with Gasteiger partial charge in [0.25, 0.3) is 0 Å². The number of fused-ring (bicyclic) bond motifs is 1. The van der Waals surface area contributed by atoms with E-state index in [1.807, 2.05) is 72.2 Å². The maximum absolute atomic E-state index is 12.9. The summed E-state index contributed by atoms with van der Waals surface area (Å²) in [5.74, 6) is -0.0397. The second-order valence-electron chi connectivity index (χ2n) is 8.16. The number of hydrogen-bond acceptors (Lipinski definition) is 6. The molecule has 0 atom stereocenters. The smallest absolute Gasteiger partial charge is 0.337 e. The van der Waals surface area contributed by atoms with E-state index in [2.05, 4.69) is 15.5 Å². The first-order valence-corrected chi connectivity index (χ1v) is 12.2. The van der Waals surface area contributed by atoms with Gasteiger partial charge in [0.15, 0.2) is 11.0 Å². The van der Waals surface area contributed by atoms with E-state index in [4.69, 9.17) is 4.42 Å². The van der Waals surface area contributed by atoms with E-state index in [0.29, 0.717) is 17.5 Å². The van der Waals surface area contributed by atoms with Crippen LogP contribution in [0.25, 0.3) is 22.2 Å². The van der Waals surface area contributed by atoms with Gasteiger partial charge >= 0.3 is 5.97 Å². The number of carbonyl (C=O) groups excluding carboxylic acids is 1. The predicted molar refractivity (Wildman–Crippen MR) is 138 cm³/mol. The molecule has 0 spiro atoms. The Morgan fingerprint density at radius 1 is 1.00 bits per heavy atom. The number of aromatic nitrogens is 3. The summed E-state index contributed by atoms with van der Waals surface area (Å²) in [6, 6.07) is 22.4. The lowest BCUT2D eigenvalue weighted by atomic mass is 10.0. The number of aromatic carboxylic acids is 1. The number of benzene rings is 3. The Labute approximate surface area is 211 Å². The zero-order chi connectivity index (χ0) is 25.1. The van der Waals surface area contributed by atoms with Crippen molar-refractivity contribution >= 4 is 40.1 Å². The summed E-state index contributed by atoms with van der Waals surface area (Å²) in [6.45, 7) is 2.38. The second kappa shape index (κ2) is 10.1. The topological polar surface area (TPSA) is 110 Å². The standard InChI is InChI=1S/C27H22N4O4S/c1-17-21(11-12-35-17)25-29-30-27(31(25)15-18-7-3-2-4-8-18)36-16-24(32)28-23-14-20-10-6-5-9-19(20)13-22(23)26(33)34/h2-14H,15-16H2,1H3,(H,28,32)(H,33,34). The van der Waals surface area contributed by atoms with Crippen LogP contribution in [0.2, 0.25) is 0 Å². The van der Waals surface area contributed by atoms with Gasteiger partial charge in [-0.15, -0.1) is 10.2 Å². The van der Waals surface area contributed by atoms with Crippen molar-refractivity contribution < 1.29 is 19.1 Å². The summed E-state index contributed by atoms with van der Waals surface area (Å²) in [6.07, 6.45) is 1.61. The van der Waals surface area contributed by atoms with Crippen LogP contribution < -0.4 is 5.32 Å². The number of carbonyl (C=O) groups is 2. The van der Waals surface area contributed by atoms with Crippen molar-refractivity contribution in [3.63, 3.8) is 0 Å². The first kappa shape index (κ1) is 23.4. The number of hydrogen-bond donors (Lipinski definition) is 2. The van der Waals surface area contributed by atoms with Crippen LogP contribution in [0.5, 0.6) is 0 Å². The van der Waals surface area contributed by atoms with Gasteiger partial charge in [-0.1, -0.05) is 66.4 Å². The molecule has 0 aliphatic rings. The Hall–Kier alpha value is -4.37. The molecule has 2 aromatic heterocycles. The zero-order valence-corrected chi connectivity index (χ0v) is 20.2. The van der Waals surface area contributed by atoms with Crippen LogP contribution in [-0.2, 0) is 11.3 Å². The van der Waals surface area contributed by atoms with Crippen LogP contribution in [0.1, 0.15) is 21.7 Å². The van der Waals surface area contributed by atoms with Crippen LogP contribution in [0, 0.1) is 6.92 Å². The number of carboxylic acids is 1. The van der Waals surface area contributed by atoms with Crippen LogP contribution >= 0.6 is 11.8 Å². The highest BCUT2D eigenvalue weighted by molar-refractivity contribution is 7.99. The lowest BCUT2D eigenvalue weighted by Gasteiger charge is -2.12. The Morgan fingerprint density at radius 2 is 1.72 bits per heavy atom. The molecule has 0 saturated heterocycles. The molecule has 0 unspecified atom stereocenters. The minimum absolute atomic E-state index is 0.0309. The van der Waals surface area contributed by atoms with Crippen LogP contribution in [0.4, 0.5) is 5.69 Å². The summed E-state index contributed by atoms with van der Waals surface area (Å²) < 4.78 is 7.41. The monoisotopic (exact) mass is 498 g/mol. The van der Waals surface area contributed by atoms with E-state index in [1.54, 1.807) is 18.4 Å². The molecular weight excluding hydrogens is 476 g/mol. The normalized spacial score (nSPS) is 11.0. The van der Waals surface area contributed by atoms with Crippen molar-refractivity contribution in [3.8, 4) is 11.4 Å². The van der Waals surface area contributed by atoms with Gasteiger partial charge in [0, 0.05) is 0 Å². The Kier molecular flexibility index (Phi) is 6.55. The summed E-state index contributed by atoms with van der Waals surface area (Å²) >= 11 is 1.23. The molecule has 0 saturated carbocycles. The molecule has 2 heterocycles. The largest absolute Gasteiger partial charge is 0.478 e. The number of furan rings is 1. The third-order valence-corrected chi connectivity index (χ3v) is 6.69. The molecule has 2 N–H and O–H groups in total. The lowest BCUT2D eigenvalue weighted by molar-refractivity contribution is -0.113. The van der Waals surface area contributed by atoms with E-state index < -0.39 is 5.97 Å². The third-order valence-electron chi connectivity index (χ3n) is 5.72. The molecule has 1 amide bonds. The summed E-state index contributed by atoms with van der Waals surface area (Å²) in [5, 5.41) is 23.3. The number of rotatable bonds is 8. The van der Waals surface area contributed by atoms with Crippen LogP contribution in [0.15, 0.2) is 88.6 Å². The Bertz CT molecular complexity index is 1560. The van der Waals surface area contributed by atoms with Gasteiger partial charge in [-0.05, 0) is 41.5 Å². The Balaban J connectivity index is 1.38. The average Bonchev–Trinajstić information content (AvgIpc) is 3.48. The number of thioether (sulfide) groups is 1. The second-order valence-corrected chi connectivity index (χ2v) is 9.10. The van der Waals surface area contributed by atoms with Gasteiger partial charge in [0.1, 0.15) is 5.76 Å². The molecule has 5 aromatic rings. The maximum Gasteiger partial charge on any atom is 0.337 e. The number of nitrogens with one attached hydrogen (secondary N) is 1. The molecule has 5 rings (SSSR count). The number of amides is 1. The number of nitrogens with zero attached hydrogens (tertiary/aromatic N) is 3.